The Labute approximate surface area is 107 Å². The average Bonchev–Trinajstić information content (AvgIpc) is 2.87. The topological polar surface area (TPSA) is 61.3 Å². The second-order valence-electron chi connectivity index (χ2n) is 4.08. The summed E-state index contributed by atoms with van der Waals surface area (Å²) in [5, 5.41) is 0. The second kappa shape index (κ2) is 6.93. The van der Waals surface area contributed by atoms with Crippen LogP contribution in [0, 0.1) is 0 Å². The zero-order valence-electron chi connectivity index (χ0n) is 10.3. The molecule has 0 aliphatic heterocycles. The predicted molar refractivity (Wildman–Crippen MR) is 68.8 cm³/mol. The first kappa shape index (κ1) is 12.8. The third-order valence-corrected chi connectivity index (χ3v) is 2.79. The molecule has 0 saturated heterocycles. The third-order valence-electron chi connectivity index (χ3n) is 2.79. The predicted octanol–water partition coefficient (Wildman–Crippen LogP) is 2.28. The smallest absolute Gasteiger partial charge is 0.133 e. The van der Waals surface area contributed by atoms with Crippen LogP contribution in [0.25, 0.3) is 0 Å². The number of rotatable bonds is 7. The highest BCUT2D eigenvalue weighted by Crippen LogP contribution is 2.11. The number of aromatic nitrogens is 1. The molecule has 4 nitrogen and oxygen atoms in total. The zero-order valence-corrected chi connectivity index (χ0v) is 10.3. The Balaban J connectivity index is 1.65. The Kier molecular flexibility index (Phi) is 4.93. The van der Waals surface area contributed by atoms with Gasteiger partial charge in [-0.15, -0.1) is 0 Å². The summed E-state index contributed by atoms with van der Waals surface area (Å²) in [6.45, 7) is 1.70. The normalized spacial score (nSPS) is 10.7. The van der Waals surface area contributed by atoms with Gasteiger partial charge in [0.25, 0.3) is 0 Å². The molecular formula is C14H18N2O2. The van der Waals surface area contributed by atoms with Crippen LogP contribution in [0.2, 0.25) is 0 Å². The number of hydrogen-bond acceptors (Lipinski definition) is 4. The maximum Gasteiger partial charge on any atom is 0.133 e. The molecule has 0 spiro atoms. The van der Waals surface area contributed by atoms with E-state index in [0.29, 0.717) is 19.8 Å². The summed E-state index contributed by atoms with van der Waals surface area (Å²) in [6, 6.07) is 5.94. The third kappa shape index (κ3) is 3.68. The van der Waals surface area contributed by atoms with Gasteiger partial charge in [0.15, 0.2) is 0 Å². The molecule has 2 aromatic rings. The summed E-state index contributed by atoms with van der Waals surface area (Å²) in [5.41, 5.74) is 7.88. The highest BCUT2D eigenvalue weighted by Gasteiger charge is 2.04. The standard InChI is InChI=1S/C14H18N2O2/c15-10-13-5-9-18-14(13)11-17-8-1-2-12-3-6-16-7-4-12/h3-7,9H,1-2,8,10-11,15H2. The van der Waals surface area contributed by atoms with Gasteiger partial charge in [0.2, 0.25) is 0 Å². The molecule has 2 aromatic heterocycles. The number of furan rings is 1. The van der Waals surface area contributed by atoms with E-state index in [1.807, 2.05) is 30.6 Å². The maximum atomic E-state index is 5.58. The molecule has 0 bridgehead atoms. The molecule has 96 valence electrons. The molecule has 0 radical (unpaired) electrons. The van der Waals surface area contributed by atoms with Crippen LogP contribution in [0.5, 0.6) is 0 Å². The van der Waals surface area contributed by atoms with Crippen molar-refractivity contribution in [2.24, 2.45) is 5.73 Å². The minimum Gasteiger partial charge on any atom is -0.467 e. The lowest BCUT2D eigenvalue weighted by atomic mass is 10.1. The number of nitrogens with two attached hydrogens (primary N) is 1. The highest BCUT2D eigenvalue weighted by molar-refractivity contribution is 5.15. The summed E-state index contributed by atoms with van der Waals surface area (Å²) in [5.74, 6) is 0.835. The Hall–Kier alpha value is -1.65. The SMILES string of the molecule is NCc1ccoc1COCCCc1ccncc1. The summed E-state index contributed by atoms with van der Waals surface area (Å²) >= 11 is 0. The molecule has 0 unspecified atom stereocenters. The van der Waals surface area contributed by atoms with Crippen LogP contribution in [0.3, 0.4) is 0 Å². The summed E-state index contributed by atoms with van der Waals surface area (Å²) in [4.78, 5) is 3.99. The molecule has 0 saturated carbocycles. The van der Waals surface area contributed by atoms with Crippen molar-refractivity contribution >= 4 is 0 Å². The monoisotopic (exact) mass is 246 g/mol. The van der Waals surface area contributed by atoms with Gasteiger partial charge in [0, 0.05) is 31.1 Å². The number of nitrogens with zero attached hydrogens (tertiary/aromatic N) is 1. The van der Waals surface area contributed by atoms with Crippen LogP contribution in [-0.4, -0.2) is 11.6 Å². The van der Waals surface area contributed by atoms with Gasteiger partial charge in [0.1, 0.15) is 12.4 Å². The summed E-state index contributed by atoms with van der Waals surface area (Å²) < 4.78 is 10.9. The van der Waals surface area contributed by atoms with Crippen molar-refractivity contribution in [3.63, 3.8) is 0 Å². The molecule has 0 aliphatic carbocycles. The van der Waals surface area contributed by atoms with Crippen LogP contribution in [-0.2, 0) is 24.3 Å². The number of ether oxygens (including phenoxy) is 1. The Morgan fingerprint density at radius 2 is 2.06 bits per heavy atom. The molecule has 2 N–H and O–H groups in total. The van der Waals surface area contributed by atoms with E-state index in [1.165, 1.54) is 5.56 Å². The van der Waals surface area contributed by atoms with Crippen LogP contribution < -0.4 is 5.73 Å². The molecule has 0 fully saturated rings. The van der Waals surface area contributed by atoms with Gasteiger partial charge >= 0.3 is 0 Å². The van der Waals surface area contributed by atoms with E-state index < -0.39 is 0 Å². The maximum absolute atomic E-state index is 5.58. The van der Waals surface area contributed by atoms with Crippen molar-refractivity contribution in [1.82, 2.24) is 4.98 Å². The fourth-order valence-corrected chi connectivity index (χ4v) is 1.77. The van der Waals surface area contributed by atoms with E-state index in [-0.39, 0.29) is 0 Å². The van der Waals surface area contributed by atoms with E-state index in [0.717, 1.165) is 24.2 Å². The van der Waals surface area contributed by atoms with Gasteiger partial charge in [-0.3, -0.25) is 4.98 Å². The first-order valence-corrected chi connectivity index (χ1v) is 6.12. The van der Waals surface area contributed by atoms with Crippen molar-refractivity contribution in [3.05, 3.63) is 53.7 Å². The van der Waals surface area contributed by atoms with Gasteiger partial charge in [-0.1, -0.05) is 0 Å². The van der Waals surface area contributed by atoms with Crippen LogP contribution in [0.1, 0.15) is 23.3 Å². The lowest BCUT2D eigenvalue weighted by Gasteiger charge is -2.04. The molecule has 2 heterocycles. The van der Waals surface area contributed by atoms with E-state index in [2.05, 4.69) is 4.98 Å². The highest BCUT2D eigenvalue weighted by atomic mass is 16.5. The number of hydrogen-bond donors (Lipinski definition) is 1. The van der Waals surface area contributed by atoms with Gasteiger partial charge in [-0.2, -0.15) is 0 Å². The van der Waals surface area contributed by atoms with Crippen LogP contribution in [0.4, 0.5) is 0 Å². The summed E-state index contributed by atoms with van der Waals surface area (Å²) in [7, 11) is 0. The Bertz CT molecular complexity index is 454. The first-order valence-electron chi connectivity index (χ1n) is 6.12. The van der Waals surface area contributed by atoms with Gasteiger partial charge in [0.05, 0.1) is 6.26 Å². The van der Waals surface area contributed by atoms with Crippen molar-refractivity contribution < 1.29 is 9.15 Å². The van der Waals surface area contributed by atoms with E-state index in [1.54, 1.807) is 6.26 Å². The molecule has 18 heavy (non-hydrogen) atoms. The lowest BCUT2D eigenvalue weighted by Crippen LogP contribution is -2.02. The molecule has 0 aromatic carbocycles. The van der Waals surface area contributed by atoms with Crippen molar-refractivity contribution in [1.29, 1.82) is 0 Å². The van der Waals surface area contributed by atoms with Crippen LogP contribution >= 0.6 is 0 Å². The quantitative estimate of drug-likeness (QED) is 0.761. The second-order valence-corrected chi connectivity index (χ2v) is 4.08. The Morgan fingerprint density at radius 3 is 2.83 bits per heavy atom. The van der Waals surface area contributed by atoms with Gasteiger partial charge in [-0.25, -0.2) is 0 Å². The first-order chi connectivity index (χ1) is 8.90. The number of pyridine rings is 1. The average molecular weight is 246 g/mol. The molecule has 0 aliphatic rings. The minimum atomic E-state index is 0.492. The Morgan fingerprint density at radius 1 is 1.22 bits per heavy atom. The van der Waals surface area contributed by atoms with Crippen LogP contribution in [0.15, 0.2) is 41.3 Å². The van der Waals surface area contributed by atoms with E-state index in [4.69, 9.17) is 14.9 Å². The molecule has 2 rings (SSSR count). The minimum absolute atomic E-state index is 0.492. The lowest BCUT2D eigenvalue weighted by molar-refractivity contribution is 0.103. The molecular weight excluding hydrogens is 228 g/mol. The molecule has 0 atom stereocenters. The largest absolute Gasteiger partial charge is 0.467 e. The fraction of sp³-hybridized carbons (Fsp3) is 0.357. The van der Waals surface area contributed by atoms with Crippen molar-refractivity contribution in [3.8, 4) is 0 Å². The summed E-state index contributed by atoms with van der Waals surface area (Å²) in [6.07, 6.45) is 7.27. The fourth-order valence-electron chi connectivity index (χ4n) is 1.77. The van der Waals surface area contributed by atoms with E-state index in [9.17, 15) is 0 Å². The number of aryl methyl sites for hydroxylation is 1. The molecule has 0 amide bonds. The van der Waals surface area contributed by atoms with Gasteiger partial charge < -0.3 is 14.9 Å². The zero-order chi connectivity index (χ0) is 12.6. The van der Waals surface area contributed by atoms with Crippen molar-refractivity contribution in [2.45, 2.75) is 26.0 Å². The van der Waals surface area contributed by atoms with Gasteiger partial charge in [-0.05, 0) is 36.6 Å². The van der Waals surface area contributed by atoms with Crippen molar-refractivity contribution in [2.75, 3.05) is 6.61 Å². The van der Waals surface area contributed by atoms with E-state index >= 15 is 0 Å². The molecule has 4 heteroatoms.